The van der Waals surface area contributed by atoms with E-state index < -0.39 is 0 Å². The second-order valence-electron chi connectivity index (χ2n) is 4.31. The topological polar surface area (TPSA) is 84.1 Å². The van der Waals surface area contributed by atoms with Crippen molar-refractivity contribution in [3.05, 3.63) is 11.9 Å². The Hall–Kier alpha value is -1.36. The van der Waals surface area contributed by atoms with E-state index in [2.05, 4.69) is 22.2 Å². The summed E-state index contributed by atoms with van der Waals surface area (Å²) in [6.07, 6.45) is 3.25. The second kappa shape index (κ2) is 4.65. The van der Waals surface area contributed by atoms with Crippen molar-refractivity contribution in [1.82, 2.24) is 9.97 Å². The standard InChI is InChI=1S/C11H18N4O/c1-2-3-10-14-9(12)6-11(15-10)13-7-4-8(16)5-7/h6-8,16H,2-5H2,1H3,(H3,12,13,14,15). The molecule has 1 aliphatic rings. The lowest BCUT2D eigenvalue weighted by Crippen LogP contribution is -2.39. The SMILES string of the molecule is CCCc1nc(N)cc(NC2CC(O)C2)n1. The predicted molar refractivity (Wildman–Crippen MR) is 63.1 cm³/mol. The van der Waals surface area contributed by atoms with Gasteiger partial charge in [-0.05, 0) is 19.3 Å². The lowest BCUT2D eigenvalue weighted by molar-refractivity contribution is 0.0835. The molecule has 1 heterocycles. The zero-order valence-corrected chi connectivity index (χ0v) is 9.48. The van der Waals surface area contributed by atoms with Gasteiger partial charge < -0.3 is 16.2 Å². The summed E-state index contributed by atoms with van der Waals surface area (Å²) in [7, 11) is 0. The monoisotopic (exact) mass is 222 g/mol. The van der Waals surface area contributed by atoms with Crippen molar-refractivity contribution >= 4 is 11.6 Å². The molecule has 0 unspecified atom stereocenters. The lowest BCUT2D eigenvalue weighted by atomic mass is 9.89. The van der Waals surface area contributed by atoms with Crippen LogP contribution in [0.1, 0.15) is 32.0 Å². The van der Waals surface area contributed by atoms with Crippen molar-refractivity contribution in [2.24, 2.45) is 0 Å². The fraction of sp³-hybridized carbons (Fsp3) is 0.636. The van der Waals surface area contributed by atoms with Crippen LogP contribution in [0.3, 0.4) is 0 Å². The molecule has 5 heteroatoms. The minimum Gasteiger partial charge on any atom is -0.393 e. The maximum atomic E-state index is 9.19. The molecule has 0 amide bonds. The van der Waals surface area contributed by atoms with Crippen molar-refractivity contribution in [1.29, 1.82) is 0 Å². The molecule has 88 valence electrons. The van der Waals surface area contributed by atoms with Crippen LogP contribution < -0.4 is 11.1 Å². The van der Waals surface area contributed by atoms with Crippen LogP contribution in [0.5, 0.6) is 0 Å². The molecule has 4 N–H and O–H groups in total. The number of aliphatic hydroxyl groups is 1. The van der Waals surface area contributed by atoms with Gasteiger partial charge in [0, 0.05) is 18.5 Å². The Morgan fingerprint density at radius 1 is 1.50 bits per heavy atom. The largest absolute Gasteiger partial charge is 0.393 e. The van der Waals surface area contributed by atoms with Crippen molar-refractivity contribution < 1.29 is 5.11 Å². The van der Waals surface area contributed by atoms with Crippen LogP contribution in [-0.4, -0.2) is 27.2 Å². The average Bonchev–Trinajstić information content (AvgIpc) is 2.15. The van der Waals surface area contributed by atoms with Gasteiger partial charge in [0.05, 0.1) is 6.10 Å². The number of hydrogen-bond acceptors (Lipinski definition) is 5. The first-order chi connectivity index (χ1) is 7.67. The molecule has 1 aromatic heterocycles. The molecule has 16 heavy (non-hydrogen) atoms. The van der Waals surface area contributed by atoms with E-state index in [9.17, 15) is 5.11 Å². The van der Waals surface area contributed by atoms with E-state index in [4.69, 9.17) is 5.73 Å². The van der Waals surface area contributed by atoms with Crippen LogP contribution in [-0.2, 0) is 6.42 Å². The zero-order chi connectivity index (χ0) is 11.5. The van der Waals surface area contributed by atoms with Gasteiger partial charge in [0.1, 0.15) is 17.5 Å². The first-order valence-corrected chi connectivity index (χ1v) is 5.75. The molecule has 0 radical (unpaired) electrons. The molecule has 1 aliphatic carbocycles. The highest BCUT2D eigenvalue weighted by Gasteiger charge is 2.27. The smallest absolute Gasteiger partial charge is 0.133 e. The Balaban J connectivity index is 2.02. The van der Waals surface area contributed by atoms with Gasteiger partial charge in [0.25, 0.3) is 0 Å². The van der Waals surface area contributed by atoms with E-state index in [0.717, 1.165) is 37.3 Å². The van der Waals surface area contributed by atoms with Crippen LogP contribution >= 0.6 is 0 Å². The summed E-state index contributed by atoms with van der Waals surface area (Å²) in [6, 6.07) is 2.06. The minimum atomic E-state index is -0.160. The highest BCUT2D eigenvalue weighted by molar-refractivity contribution is 5.45. The number of aryl methyl sites for hydroxylation is 1. The Bertz CT molecular complexity index is 363. The summed E-state index contributed by atoms with van der Waals surface area (Å²) < 4.78 is 0. The predicted octanol–water partition coefficient (Wildman–Crippen LogP) is 0.946. The van der Waals surface area contributed by atoms with Crippen LogP contribution in [0.25, 0.3) is 0 Å². The summed E-state index contributed by atoms with van der Waals surface area (Å²) >= 11 is 0. The molecular formula is C11H18N4O. The highest BCUT2D eigenvalue weighted by atomic mass is 16.3. The second-order valence-corrected chi connectivity index (χ2v) is 4.31. The van der Waals surface area contributed by atoms with Gasteiger partial charge >= 0.3 is 0 Å². The van der Waals surface area contributed by atoms with Gasteiger partial charge in [-0.3, -0.25) is 0 Å². The van der Waals surface area contributed by atoms with Gasteiger partial charge in [-0.1, -0.05) is 6.92 Å². The molecule has 1 fully saturated rings. The van der Waals surface area contributed by atoms with E-state index in [-0.39, 0.29) is 6.10 Å². The minimum absolute atomic E-state index is 0.160. The third-order valence-electron chi connectivity index (χ3n) is 2.73. The van der Waals surface area contributed by atoms with Gasteiger partial charge in [0.2, 0.25) is 0 Å². The Morgan fingerprint density at radius 3 is 2.88 bits per heavy atom. The number of nitrogens with one attached hydrogen (secondary N) is 1. The Labute approximate surface area is 95.1 Å². The summed E-state index contributed by atoms with van der Waals surface area (Å²) in [6.45, 7) is 2.09. The number of hydrogen-bond donors (Lipinski definition) is 3. The number of rotatable bonds is 4. The fourth-order valence-corrected chi connectivity index (χ4v) is 1.84. The number of nitrogen functional groups attached to an aromatic ring is 1. The number of nitrogens with two attached hydrogens (primary N) is 1. The molecule has 0 atom stereocenters. The molecule has 0 spiro atoms. The molecule has 0 saturated heterocycles. The summed E-state index contributed by atoms with van der Waals surface area (Å²) in [5.74, 6) is 2.05. The van der Waals surface area contributed by atoms with E-state index in [1.807, 2.05) is 0 Å². The van der Waals surface area contributed by atoms with Gasteiger partial charge in [-0.25, -0.2) is 9.97 Å². The van der Waals surface area contributed by atoms with Crippen LogP contribution in [0.2, 0.25) is 0 Å². The Kier molecular flexibility index (Phi) is 3.24. The molecule has 1 saturated carbocycles. The number of aliphatic hydroxyl groups excluding tert-OH is 1. The molecule has 2 rings (SSSR count). The maximum absolute atomic E-state index is 9.19. The van der Waals surface area contributed by atoms with E-state index in [1.54, 1.807) is 6.07 Å². The van der Waals surface area contributed by atoms with E-state index >= 15 is 0 Å². The maximum Gasteiger partial charge on any atom is 0.133 e. The molecule has 0 aliphatic heterocycles. The average molecular weight is 222 g/mol. The first-order valence-electron chi connectivity index (χ1n) is 5.75. The molecular weight excluding hydrogens is 204 g/mol. The van der Waals surface area contributed by atoms with Gasteiger partial charge in [-0.15, -0.1) is 0 Å². The molecule has 5 nitrogen and oxygen atoms in total. The first kappa shape index (κ1) is 11.1. The fourth-order valence-electron chi connectivity index (χ4n) is 1.84. The summed E-state index contributed by atoms with van der Waals surface area (Å²) in [4.78, 5) is 8.55. The summed E-state index contributed by atoms with van der Waals surface area (Å²) in [5, 5.41) is 12.4. The van der Waals surface area contributed by atoms with E-state index in [0.29, 0.717) is 11.9 Å². The van der Waals surface area contributed by atoms with Gasteiger partial charge in [-0.2, -0.15) is 0 Å². The number of aromatic nitrogens is 2. The van der Waals surface area contributed by atoms with Crippen molar-refractivity contribution in [2.75, 3.05) is 11.1 Å². The van der Waals surface area contributed by atoms with Crippen molar-refractivity contribution in [2.45, 2.75) is 44.8 Å². The molecule has 0 aromatic carbocycles. The van der Waals surface area contributed by atoms with E-state index in [1.165, 1.54) is 0 Å². The quantitative estimate of drug-likeness (QED) is 0.706. The van der Waals surface area contributed by atoms with Crippen LogP contribution in [0, 0.1) is 0 Å². The third-order valence-corrected chi connectivity index (χ3v) is 2.73. The third kappa shape index (κ3) is 2.61. The molecule has 0 bridgehead atoms. The number of anilines is 2. The summed E-state index contributed by atoms with van der Waals surface area (Å²) in [5.41, 5.74) is 5.71. The van der Waals surface area contributed by atoms with Gasteiger partial charge in [0.15, 0.2) is 0 Å². The number of nitrogens with zero attached hydrogens (tertiary/aromatic N) is 2. The van der Waals surface area contributed by atoms with Crippen LogP contribution in [0.15, 0.2) is 6.07 Å². The Morgan fingerprint density at radius 2 is 2.25 bits per heavy atom. The highest BCUT2D eigenvalue weighted by Crippen LogP contribution is 2.23. The van der Waals surface area contributed by atoms with Crippen molar-refractivity contribution in [3.63, 3.8) is 0 Å². The van der Waals surface area contributed by atoms with Crippen molar-refractivity contribution in [3.8, 4) is 0 Å². The van der Waals surface area contributed by atoms with Crippen LogP contribution in [0.4, 0.5) is 11.6 Å². The molecule has 1 aromatic rings. The normalized spacial score (nSPS) is 23.9. The zero-order valence-electron chi connectivity index (χ0n) is 9.48. The lowest BCUT2D eigenvalue weighted by Gasteiger charge is -2.32.